The smallest absolute Gasteiger partial charge is 0.326 e. The van der Waals surface area contributed by atoms with E-state index in [2.05, 4.69) is 57.5 Å². The van der Waals surface area contributed by atoms with E-state index in [-0.39, 0.29) is 68.6 Å². The van der Waals surface area contributed by atoms with Gasteiger partial charge in [0, 0.05) is 48.3 Å². The number of imidazole rings is 1. The summed E-state index contributed by atoms with van der Waals surface area (Å²) in [6.45, 7) is 16.6. The standard InChI is InChI=1S/C59H89N13O10/c1-10-36(8)50(61)58(80)71-44(24-33(2)3)53(75)65-37(9)51(73)66-43(22-16-17-23-60)52(74)68-46(27-38-18-12-11-13-19-38)55(77)67-45(25-34(4)5)54(76)70-48(29-40-31-62-32-64-40)57(79)69-47(56(78)72-49(59(81)82)26-35(6)7)28-39-30-63-42-21-15-14-20-41(39)42/h11-15,18-21,30-37,43-50,63H,10,16-17,22-29,60-61H2,1-9H3,(H,62,64)(H,65,75)(H,66,73)(H,67,77)(H,68,74)(H,69,79)(H,70,76)(H,71,80)(H,72,78)(H,81,82)/t36-,37-,43-,44-,45-,46-,47-,48-,49-,50-/m0/s1. The van der Waals surface area contributed by atoms with Crippen molar-refractivity contribution in [2.24, 2.45) is 35.1 Å². The number of carboxylic acid groups (broad SMARTS) is 1. The molecule has 450 valence electrons. The quantitative estimate of drug-likeness (QED) is 0.0295. The first-order valence-electron chi connectivity index (χ1n) is 28.6. The van der Waals surface area contributed by atoms with E-state index in [0.717, 1.165) is 10.9 Å². The normalized spacial score (nSPS) is 15.1. The number of amides is 8. The van der Waals surface area contributed by atoms with Crippen LogP contribution in [0.15, 0.2) is 73.3 Å². The van der Waals surface area contributed by atoms with Crippen molar-refractivity contribution in [2.75, 3.05) is 6.54 Å². The van der Waals surface area contributed by atoms with Crippen LogP contribution < -0.4 is 54.0 Å². The number of nitrogens with zero attached hydrogens (tertiary/aromatic N) is 1. The summed E-state index contributed by atoms with van der Waals surface area (Å²) < 4.78 is 0. The Balaban J connectivity index is 1.61. The molecule has 0 fully saturated rings. The molecule has 0 spiro atoms. The van der Waals surface area contributed by atoms with Crippen molar-refractivity contribution in [1.29, 1.82) is 0 Å². The second-order valence-corrected chi connectivity index (χ2v) is 22.6. The van der Waals surface area contributed by atoms with E-state index < -0.39 is 108 Å². The molecule has 82 heavy (non-hydrogen) atoms. The van der Waals surface area contributed by atoms with Gasteiger partial charge in [-0.3, -0.25) is 38.4 Å². The first-order chi connectivity index (χ1) is 38.9. The van der Waals surface area contributed by atoms with Crippen molar-refractivity contribution in [3.05, 3.63) is 90.1 Å². The third kappa shape index (κ3) is 21.7. The molecule has 4 rings (SSSR count). The van der Waals surface area contributed by atoms with Crippen molar-refractivity contribution >= 4 is 64.1 Å². The molecule has 15 N–H and O–H groups in total. The predicted octanol–water partition coefficient (Wildman–Crippen LogP) is 2.54. The molecule has 0 unspecified atom stereocenters. The lowest BCUT2D eigenvalue weighted by molar-refractivity contribution is -0.142. The number of aliphatic carboxylic acids is 1. The molecule has 0 aliphatic carbocycles. The zero-order chi connectivity index (χ0) is 60.6. The maximum Gasteiger partial charge on any atom is 0.326 e. The molecule has 2 aromatic carbocycles. The number of carbonyl (C=O) groups is 9. The number of unbranched alkanes of at least 4 members (excludes halogenated alkanes) is 1. The Morgan fingerprint density at radius 1 is 0.537 bits per heavy atom. The van der Waals surface area contributed by atoms with Crippen molar-refractivity contribution < 1.29 is 48.3 Å². The summed E-state index contributed by atoms with van der Waals surface area (Å²) in [7, 11) is 0. The molecule has 23 heteroatoms. The fourth-order valence-corrected chi connectivity index (χ4v) is 9.29. The van der Waals surface area contributed by atoms with Crippen LogP contribution >= 0.6 is 0 Å². The van der Waals surface area contributed by atoms with E-state index in [1.807, 2.05) is 79.7 Å². The highest BCUT2D eigenvalue weighted by Gasteiger charge is 2.36. The number of hydrogen-bond donors (Lipinski definition) is 13. The summed E-state index contributed by atoms with van der Waals surface area (Å²) >= 11 is 0. The lowest BCUT2D eigenvalue weighted by atomic mass is 9.97. The summed E-state index contributed by atoms with van der Waals surface area (Å²) in [5, 5.41) is 32.8. The third-order valence-electron chi connectivity index (χ3n) is 14.2. The summed E-state index contributed by atoms with van der Waals surface area (Å²) in [4.78, 5) is 136. The van der Waals surface area contributed by atoms with Crippen molar-refractivity contribution in [1.82, 2.24) is 57.5 Å². The third-order valence-corrected chi connectivity index (χ3v) is 14.2. The van der Waals surface area contributed by atoms with Gasteiger partial charge in [-0.05, 0) is 92.9 Å². The number of carbonyl (C=O) groups excluding carboxylic acids is 8. The van der Waals surface area contributed by atoms with Gasteiger partial charge in [-0.25, -0.2) is 9.78 Å². The number of benzene rings is 2. The van der Waals surface area contributed by atoms with Crippen LogP contribution in [0.4, 0.5) is 0 Å². The van der Waals surface area contributed by atoms with Crippen LogP contribution in [0.3, 0.4) is 0 Å². The predicted molar refractivity (Wildman–Crippen MR) is 312 cm³/mol. The molecule has 0 saturated carbocycles. The van der Waals surface area contributed by atoms with E-state index in [1.165, 1.54) is 19.4 Å². The molecule has 0 aliphatic heterocycles. The minimum absolute atomic E-state index is 0.0125. The van der Waals surface area contributed by atoms with E-state index in [1.54, 1.807) is 36.5 Å². The van der Waals surface area contributed by atoms with Gasteiger partial charge in [0.25, 0.3) is 0 Å². The number of para-hydroxylation sites is 1. The first-order valence-corrected chi connectivity index (χ1v) is 28.6. The highest BCUT2D eigenvalue weighted by molar-refractivity contribution is 5.98. The number of fused-ring (bicyclic) bond motifs is 1. The number of H-pyrrole nitrogens is 2. The van der Waals surface area contributed by atoms with Crippen LogP contribution in [0, 0.1) is 23.7 Å². The highest BCUT2D eigenvalue weighted by atomic mass is 16.4. The Morgan fingerprint density at radius 3 is 1.56 bits per heavy atom. The molecule has 0 bridgehead atoms. The number of rotatable bonds is 35. The van der Waals surface area contributed by atoms with Crippen LogP contribution in [0.1, 0.15) is 124 Å². The van der Waals surface area contributed by atoms with Crippen molar-refractivity contribution in [3.63, 3.8) is 0 Å². The number of nitrogens with one attached hydrogen (secondary N) is 10. The lowest BCUT2D eigenvalue weighted by Crippen LogP contribution is -2.61. The number of aromatic amines is 2. The van der Waals surface area contributed by atoms with E-state index in [4.69, 9.17) is 11.5 Å². The molecule has 2 aromatic heterocycles. The summed E-state index contributed by atoms with van der Waals surface area (Å²) in [5.74, 6) is -7.29. The average Bonchev–Trinajstić information content (AvgIpc) is 4.17. The summed E-state index contributed by atoms with van der Waals surface area (Å²) in [6, 6.07) is 5.43. The molecule has 0 radical (unpaired) electrons. The molecule has 23 nitrogen and oxygen atoms in total. The van der Waals surface area contributed by atoms with E-state index >= 15 is 0 Å². The topological polar surface area (TPSA) is 367 Å². The molecule has 10 atom stereocenters. The number of hydrogen-bond acceptors (Lipinski definition) is 12. The zero-order valence-corrected chi connectivity index (χ0v) is 48.9. The van der Waals surface area contributed by atoms with Gasteiger partial charge in [0.2, 0.25) is 47.3 Å². The Labute approximate surface area is 481 Å². The van der Waals surface area contributed by atoms with Gasteiger partial charge in [-0.2, -0.15) is 0 Å². The monoisotopic (exact) mass is 1140 g/mol. The van der Waals surface area contributed by atoms with E-state index in [0.29, 0.717) is 42.6 Å². The Kier molecular flexibility index (Phi) is 27.2. The second-order valence-electron chi connectivity index (χ2n) is 22.6. The second kappa shape index (κ2) is 33.3. The van der Waals surface area contributed by atoms with Crippen molar-refractivity contribution in [3.8, 4) is 0 Å². The zero-order valence-electron chi connectivity index (χ0n) is 48.9. The summed E-state index contributed by atoms with van der Waals surface area (Å²) in [6.07, 6.45) is 6.46. The Hall–Kier alpha value is -7.66. The lowest BCUT2D eigenvalue weighted by Gasteiger charge is -2.28. The largest absolute Gasteiger partial charge is 0.480 e. The van der Waals surface area contributed by atoms with Gasteiger partial charge in [-0.15, -0.1) is 0 Å². The fourth-order valence-electron chi connectivity index (χ4n) is 9.29. The van der Waals surface area contributed by atoms with Gasteiger partial charge >= 0.3 is 5.97 Å². The van der Waals surface area contributed by atoms with Crippen LogP contribution in [-0.4, -0.2) is 134 Å². The van der Waals surface area contributed by atoms with Gasteiger partial charge in [0.15, 0.2) is 0 Å². The minimum atomic E-state index is -1.37. The number of aromatic nitrogens is 3. The number of carboxylic acids is 1. The first kappa shape index (κ1) is 66.8. The molecule has 4 aromatic rings. The van der Waals surface area contributed by atoms with Crippen LogP contribution in [-0.2, 0) is 62.4 Å². The van der Waals surface area contributed by atoms with Crippen LogP contribution in [0.25, 0.3) is 10.9 Å². The van der Waals surface area contributed by atoms with Crippen LogP contribution in [0.5, 0.6) is 0 Å². The SMILES string of the molecule is CC[C@H](C)[C@H](N)C(=O)N[C@@H](CC(C)C)C(=O)N[C@@H](C)C(=O)N[C@@H](CCCCN)C(=O)N[C@@H](Cc1ccccc1)C(=O)N[C@@H](CC(C)C)C(=O)N[C@@H](Cc1cnc[nH]1)C(=O)N[C@@H](Cc1c[nH]c2ccccc12)C(=O)N[C@@H](CC(C)C)C(=O)O. The van der Waals surface area contributed by atoms with E-state index in [9.17, 15) is 48.3 Å². The Bertz CT molecular complexity index is 2710. The summed E-state index contributed by atoms with van der Waals surface area (Å²) in [5.41, 5.74) is 14.5. The molecular formula is C59H89N13O10. The average molecular weight is 1140 g/mol. The molecule has 8 amide bonds. The molecule has 2 heterocycles. The molecule has 0 saturated heterocycles. The van der Waals surface area contributed by atoms with Gasteiger partial charge < -0.3 is 69.1 Å². The van der Waals surface area contributed by atoms with Crippen molar-refractivity contribution in [2.45, 2.75) is 181 Å². The Morgan fingerprint density at radius 2 is 1.01 bits per heavy atom. The maximum absolute atomic E-state index is 14.7. The minimum Gasteiger partial charge on any atom is -0.480 e. The van der Waals surface area contributed by atoms with Crippen LogP contribution in [0.2, 0.25) is 0 Å². The molecule has 0 aliphatic rings. The highest BCUT2D eigenvalue weighted by Crippen LogP contribution is 2.20. The van der Waals surface area contributed by atoms with Gasteiger partial charge in [0.1, 0.15) is 48.3 Å². The maximum atomic E-state index is 14.7. The van der Waals surface area contributed by atoms with Gasteiger partial charge in [0.05, 0.1) is 12.4 Å². The fraction of sp³-hybridized carbons (Fsp3) is 0.559. The van der Waals surface area contributed by atoms with Gasteiger partial charge in [-0.1, -0.05) is 110 Å². The number of nitrogens with two attached hydrogens (primary N) is 2. The molecular weight excluding hydrogens is 1050 g/mol.